The lowest BCUT2D eigenvalue weighted by Gasteiger charge is -2.18. The summed E-state index contributed by atoms with van der Waals surface area (Å²) < 4.78 is 0. The molecule has 0 bridgehead atoms. The first-order valence-corrected chi connectivity index (χ1v) is 6.37. The van der Waals surface area contributed by atoms with Crippen LogP contribution in [0.25, 0.3) is 0 Å². The van der Waals surface area contributed by atoms with E-state index in [4.69, 9.17) is 5.73 Å². The molecule has 4 nitrogen and oxygen atoms in total. The minimum absolute atomic E-state index is 0. The highest BCUT2D eigenvalue weighted by Gasteiger charge is 2.36. The van der Waals surface area contributed by atoms with Crippen LogP contribution in [0.1, 0.15) is 40.0 Å². The van der Waals surface area contributed by atoms with Crippen LogP contribution in [0.15, 0.2) is 24.3 Å². The molecule has 3 rings (SSSR count). The average Bonchev–Trinajstić information content (AvgIpc) is 3.14. The Hall–Kier alpha value is -1.39. The zero-order valence-electron chi connectivity index (χ0n) is 10.5. The van der Waals surface area contributed by atoms with Gasteiger partial charge in [0.2, 0.25) is 0 Å². The third kappa shape index (κ3) is 2.65. The smallest absolute Gasteiger partial charge is 0.261 e. The Labute approximate surface area is 118 Å². The summed E-state index contributed by atoms with van der Waals surface area (Å²) in [4.78, 5) is 25.5. The number of hydrogen-bond donors (Lipinski definition) is 1. The molecule has 1 saturated carbocycles. The van der Waals surface area contributed by atoms with Crippen molar-refractivity contribution in [2.24, 2.45) is 11.7 Å². The van der Waals surface area contributed by atoms with Crippen LogP contribution in [0.4, 0.5) is 0 Å². The molecule has 1 aromatic rings. The molecule has 1 aliphatic heterocycles. The molecule has 19 heavy (non-hydrogen) atoms. The number of carbonyl (C=O) groups excluding carboxylic acids is 2. The van der Waals surface area contributed by atoms with Gasteiger partial charge in [0, 0.05) is 12.6 Å². The maximum atomic E-state index is 12.1. The maximum absolute atomic E-state index is 12.1. The van der Waals surface area contributed by atoms with Crippen LogP contribution < -0.4 is 5.73 Å². The highest BCUT2D eigenvalue weighted by atomic mass is 35.5. The summed E-state index contributed by atoms with van der Waals surface area (Å²) in [6, 6.07) is 6.85. The molecule has 0 spiro atoms. The number of imide groups is 1. The summed E-state index contributed by atoms with van der Waals surface area (Å²) in [6.45, 7) is 0.336. The molecule has 1 atom stereocenters. The molecule has 2 aliphatic rings. The van der Waals surface area contributed by atoms with Gasteiger partial charge in [-0.25, -0.2) is 0 Å². The van der Waals surface area contributed by atoms with Gasteiger partial charge >= 0.3 is 0 Å². The summed E-state index contributed by atoms with van der Waals surface area (Å²) >= 11 is 0. The van der Waals surface area contributed by atoms with Crippen molar-refractivity contribution in [2.45, 2.75) is 25.3 Å². The first-order chi connectivity index (χ1) is 8.66. The third-order valence-electron chi connectivity index (χ3n) is 3.63. The molecule has 1 aliphatic carbocycles. The van der Waals surface area contributed by atoms with Crippen molar-refractivity contribution >= 4 is 24.2 Å². The Morgan fingerprint density at radius 3 is 2.16 bits per heavy atom. The van der Waals surface area contributed by atoms with E-state index >= 15 is 0 Å². The number of hydrogen-bond acceptors (Lipinski definition) is 3. The van der Waals surface area contributed by atoms with E-state index < -0.39 is 0 Å². The highest BCUT2D eigenvalue weighted by Crippen LogP contribution is 2.33. The number of rotatable bonds is 4. The van der Waals surface area contributed by atoms with Crippen LogP contribution in [0.2, 0.25) is 0 Å². The maximum Gasteiger partial charge on any atom is 0.261 e. The van der Waals surface area contributed by atoms with Gasteiger partial charge < -0.3 is 5.73 Å². The van der Waals surface area contributed by atoms with E-state index in [1.165, 1.54) is 17.7 Å². The molecule has 0 aromatic heterocycles. The molecule has 0 radical (unpaired) electrons. The van der Waals surface area contributed by atoms with E-state index in [2.05, 4.69) is 0 Å². The van der Waals surface area contributed by atoms with Gasteiger partial charge in [0.15, 0.2) is 0 Å². The molecule has 2 N–H and O–H groups in total. The second-order valence-corrected chi connectivity index (χ2v) is 5.21. The number of nitrogens with two attached hydrogens (primary N) is 1. The Morgan fingerprint density at radius 1 is 1.16 bits per heavy atom. The minimum atomic E-state index is -0.207. The van der Waals surface area contributed by atoms with Crippen molar-refractivity contribution in [1.29, 1.82) is 0 Å². The summed E-state index contributed by atoms with van der Waals surface area (Å²) in [7, 11) is 0. The molecule has 0 saturated heterocycles. The van der Waals surface area contributed by atoms with Crippen molar-refractivity contribution in [3.8, 4) is 0 Å². The zero-order chi connectivity index (χ0) is 12.7. The molecule has 102 valence electrons. The lowest BCUT2D eigenvalue weighted by Crippen LogP contribution is -2.41. The first-order valence-electron chi connectivity index (χ1n) is 6.37. The number of amides is 2. The third-order valence-corrected chi connectivity index (χ3v) is 3.63. The van der Waals surface area contributed by atoms with Crippen molar-refractivity contribution in [1.82, 2.24) is 4.90 Å². The Bertz CT molecular complexity index is 479. The minimum Gasteiger partial charge on any atom is -0.326 e. The fraction of sp³-hybridized carbons (Fsp3) is 0.429. The van der Waals surface area contributed by atoms with E-state index in [1.54, 1.807) is 24.3 Å². The van der Waals surface area contributed by atoms with E-state index in [9.17, 15) is 9.59 Å². The monoisotopic (exact) mass is 280 g/mol. The number of carbonyl (C=O) groups is 2. The number of fused-ring (bicyclic) bond motifs is 1. The molecule has 1 fully saturated rings. The van der Waals surface area contributed by atoms with Crippen LogP contribution in [-0.4, -0.2) is 29.3 Å². The van der Waals surface area contributed by atoms with Crippen LogP contribution in [0, 0.1) is 5.92 Å². The summed E-state index contributed by atoms with van der Waals surface area (Å²) in [5.41, 5.74) is 7.01. The molecule has 2 amide bonds. The van der Waals surface area contributed by atoms with E-state index in [1.807, 2.05) is 0 Å². The topological polar surface area (TPSA) is 63.4 Å². The Morgan fingerprint density at radius 2 is 1.68 bits per heavy atom. The van der Waals surface area contributed by atoms with E-state index in [0.29, 0.717) is 23.6 Å². The summed E-state index contributed by atoms with van der Waals surface area (Å²) in [5.74, 6) is 0.291. The summed E-state index contributed by atoms with van der Waals surface area (Å²) in [6.07, 6.45) is 3.37. The Kier molecular flexibility index (Phi) is 3.92. The number of benzene rings is 1. The molecule has 0 unspecified atom stereocenters. The van der Waals surface area contributed by atoms with Crippen LogP contribution in [0.5, 0.6) is 0 Å². The van der Waals surface area contributed by atoms with Crippen LogP contribution in [-0.2, 0) is 0 Å². The highest BCUT2D eigenvalue weighted by molar-refractivity contribution is 6.21. The predicted octanol–water partition coefficient (Wildman–Crippen LogP) is 1.83. The van der Waals surface area contributed by atoms with Gasteiger partial charge in [-0.15, -0.1) is 12.4 Å². The second kappa shape index (κ2) is 5.31. The molecular formula is C14H17ClN2O2. The van der Waals surface area contributed by atoms with Gasteiger partial charge in [0.05, 0.1) is 11.1 Å². The van der Waals surface area contributed by atoms with Gasteiger partial charge in [-0.05, 0) is 24.5 Å². The fourth-order valence-electron chi connectivity index (χ4n) is 2.50. The Balaban J connectivity index is 0.00000133. The van der Waals surface area contributed by atoms with E-state index in [0.717, 1.165) is 6.42 Å². The van der Waals surface area contributed by atoms with Gasteiger partial charge in [-0.1, -0.05) is 25.0 Å². The molecular weight excluding hydrogens is 264 g/mol. The van der Waals surface area contributed by atoms with Gasteiger partial charge in [-0.2, -0.15) is 0 Å². The van der Waals surface area contributed by atoms with Gasteiger partial charge in [0.1, 0.15) is 0 Å². The quantitative estimate of drug-likeness (QED) is 0.856. The zero-order valence-corrected chi connectivity index (χ0v) is 11.4. The SMILES string of the molecule is Cl.N[C@@H](CC1CC1)CN1C(=O)c2ccccc2C1=O. The largest absolute Gasteiger partial charge is 0.326 e. The number of nitrogens with zero attached hydrogens (tertiary/aromatic N) is 1. The van der Waals surface area contributed by atoms with Crippen molar-refractivity contribution in [3.63, 3.8) is 0 Å². The van der Waals surface area contributed by atoms with E-state index in [-0.39, 0.29) is 30.3 Å². The first kappa shape index (κ1) is 14.0. The molecule has 5 heteroatoms. The lowest BCUT2D eigenvalue weighted by atomic mass is 10.1. The average molecular weight is 281 g/mol. The number of halogens is 1. The molecule has 1 aromatic carbocycles. The fourth-order valence-corrected chi connectivity index (χ4v) is 2.50. The summed E-state index contributed by atoms with van der Waals surface area (Å²) in [5, 5.41) is 0. The standard InChI is InChI=1S/C14H16N2O2.ClH/c15-10(7-9-5-6-9)8-16-13(17)11-3-1-2-4-12(11)14(16)18;/h1-4,9-10H,5-8,15H2;1H/t10-;/m0./s1. The predicted molar refractivity (Wildman–Crippen MR) is 74.4 cm³/mol. The van der Waals surface area contributed by atoms with Crippen molar-refractivity contribution in [2.75, 3.05) is 6.54 Å². The normalized spacial score (nSPS) is 19.1. The van der Waals surface area contributed by atoms with Crippen molar-refractivity contribution < 1.29 is 9.59 Å². The lowest BCUT2D eigenvalue weighted by molar-refractivity contribution is 0.0642. The second-order valence-electron chi connectivity index (χ2n) is 5.21. The van der Waals surface area contributed by atoms with Crippen LogP contribution in [0.3, 0.4) is 0 Å². The van der Waals surface area contributed by atoms with Gasteiger partial charge in [0.25, 0.3) is 11.8 Å². The molecule has 1 heterocycles. The van der Waals surface area contributed by atoms with Crippen LogP contribution >= 0.6 is 12.4 Å². The van der Waals surface area contributed by atoms with Gasteiger partial charge in [-0.3, -0.25) is 14.5 Å². The van der Waals surface area contributed by atoms with Crippen molar-refractivity contribution in [3.05, 3.63) is 35.4 Å².